The van der Waals surface area contributed by atoms with Gasteiger partial charge in [0.05, 0.1) is 0 Å². The highest BCUT2D eigenvalue weighted by Crippen LogP contribution is 2.24. The average molecular weight is 253 g/mol. The Balaban J connectivity index is 1.96. The minimum atomic E-state index is -0.0403. The van der Waals surface area contributed by atoms with Gasteiger partial charge < -0.3 is 10.6 Å². The number of carbonyl (C=O) groups excluding carboxylic acids is 1. The highest BCUT2D eigenvalue weighted by Gasteiger charge is 2.23. The van der Waals surface area contributed by atoms with Crippen LogP contribution in [0, 0.1) is 5.92 Å². The number of anilines is 1. The van der Waals surface area contributed by atoms with Gasteiger partial charge in [-0.2, -0.15) is 0 Å². The molecule has 0 bridgehead atoms. The van der Waals surface area contributed by atoms with E-state index in [1.54, 1.807) is 5.38 Å². The SMILES string of the molecule is CNc1nc(C(=O)N[C@H]2CCCC[C@@H]2C)cs1. The van der Waals surface area contributed by atoms with E-state index in [-0.39, 0.29) is 5.91 Å². The second-order valence-corrected chi connectivity index (χ2v) is 5.49. The number of carbonyl (C=O) groups is 1. The first-order chi connectivity index (χ1) is 8.20. The van der Waals surface area contributed by atoms with Crippen molar-refractivity contribution in [3.05, 3.63) is 11.1 Å². The van der Waals surface area contributed by atoms with Crippen LogP contribution in [0.1, 0.15) is 43.1 Å². The number of hydrogen-bond donors (Lipinski definition) is 2. The van der Waals surface area contributed by atoms with Gasteiger partial charge >= 0.3 is 0 Å². The first-order valence-corrected chi connectivity index (χ1v) is 7.03. The number of nitrogens with one attached hydrogen (secondary N) is 2. The maximum absolute atomic E-state index is 12.0. The normalized spacial score (nSPS) is 24.4. The predicted molar refractivity (Wildman–Crippen MR) is 70.5 cm³/mol. The van der Waals surface area contributed by atoms with E-state index in [1.165, 1.54) is 30.6 Å². The van der Waals surface area contributed by atoms with Crippen molar-refractivity contribution in [2.45, 2.75) is 38.6 Å². The van der Waals surface area contributed by atoms with Crippen molar-refractivity contribution in [3.63, 3.8) is 0 Å². The van der Waals surface area contributed by atoms with Gasteiger partial charge in [-0.3, -0.25) is 4.79 Å². The van der Waals surface area contributed by atoms with E-state index in [4.69, 9.17) is 0 Å². The van der Waals surface area contributed by atoms with Crippen LogP contribution >= 0.6 is 11.3 Å². The molecule has 4 nitrogen and oxygen atoms in total. The Morgan fingerprint density at radius 3 is 2.88 bits per heavy atom. The molecule has 5 heteroatoms. The topological polar surface area (TPSA) is 54.0 Å². The van der Waals surface area contributed by atoms with Gasteiger partial charge in [-0.05, 0) is 18.8 Å². The van der Waals surface area contributed by atoms with E-state index < -0.39 is 0 Å². The van der Waals surface area contributed by atoms with Gasteiger partial charge in [0, 0.05) is 18.5 Å². The predicted octanol–water partition coefficient (Wildman–Crippen LogP) is 2.49. The molecule has 1 heterocycles. The Morgan fingerprint density at radius 1 is 1.47 bits per heavy atom. The van der Waals surface area contributed by atoms with E-state index in [1.807, 2.05) is 7.05 Å². The third kappa shape index (κ3) is 2.97. The zero-order valence-corrected chi connectivity index (χ0v) is 11.1. The lowest BCUT2D eigenvalue weighted by Gasteiger charge is -2.29. The van der Waals surface area contributed by atoms with E-state index in [9.17, 15) is 4.79 Å². The van der Waals surface area contributed by atoms with Gasteiger partial charge in [-0.15, -0.1) is 11.3 Å². The van der Waals surface area contributed by atoms with Crippen molar-refractivity contribution in [1.29, 1.82) is 0 Å². The Hall–Kier alpha value is -1.10. The minimum absolute atomic E-state index is 0.0403. The molecule has 94 valence electrons. The van der Waals surface area contributed by atoms with Crippen LogP contribution in [-0.2, 0) is 0 Å². The molecule has 2 rings (SSSR count). The highest BCUT2D eigenvalue weighted by atomic mass is 32.1. The monoisotopic (exact) mass is 253 g/mol. The molecule has 0 spiro atoms. The van der Waals surface area contributed by atoms with Gasteiger partial charge in [-0.25, -0.2) is 4.98 Å². The first-order valence-electron chi connectivity index (χ1n) is 6.15. The van der Waals surface area contributed by atoms with Crippen LogP contribution in [0.3, 0.4) is 0 Å². The van der Waals surface area contributed by atoms with E-state index in [0.717, 1.165) is 11.6 Å². The summed E-state index contributed by atoms with van der Waals surface area (Å²) < 4.78 is 0. The molecule has 1 saturated carbocycles. The molecular formula is C12H19N3OS. The molecule has 1 aliphatic rings. The van der Waals surface area contributed by atoms with E-state index in [2.05, 4.69) is 22.5 Å². The fraction of sp³-hybridized carbons (Fsp3) is 0.667. The maximum Gasteiger partial charge on any atom is 0.271 e. The number of rotatable bonds is 3. The Morgan fingerprint density at radius 2 is 2.24 bits per heavy atom. The van der Waals surface area contributed by atoms with Crippen molar-refractivity contribution in [2.24, 2.45) is 5.92 Å². The quantitative estimate of drug-likeness (QED) is 0.870. The first kappa shape index (κ1) is 12.4. The largest absolute Gasteiger partial charge is 0.365 e. The number of thiazole rings is 1. The van der Waals surface area contributed by atoms with Crippen LogP contribution in [0.2, 0.25) is 0 Å². The summed E-state index contributed by atoms with van der Waals surface area (Å²) in [6.07, 6.45) is 4.81. The van der Waals surface area contributed by atoms with Crippen LogP contribution in [0.15, 0.2) is 5.38 Å². The summed E-state index contributed by atoms with van der Waals surface area (Å²) in [7, 11) is 1.81. The second-order valence-electron chi connectivity index (χ2n) is 4.63. The van der Waals surface area contributed by atoms with Crippen molar-refractivity contribution in [1.82, 2.24) is 10.3 Å². The Kier molecular flexibility index (Phi) is 3.99. The molecule has 1 fully saturated rings. The van der Waals surface area contributed by atoms with Gasteiger partial charge in [0.15, 0.2) is 5.13 Å². The van der Waals surface area contributed by atoms with E-state index in [0.29, 0.717) is 17.7 Å². The van der Waals surface area contributed by atoms with Crippen LogP contribution < -0.4 is 10.6 Å². The highest BCUT2D eigenvalue weighted by molar-refractivity contribution is 7.13. The van der Waals surface area contributed by atoms with Crippen molar-refractivity contribution >= 4 is 22.4 Å². The number of amides is 1. The molecule has 1 aromatic rings. The standard InChI is InChI=1S/C12H19N3OS/c1-8-5-3-4-6-9(8)14-11(16)10-7-17-12(13-2)15-10/h7-9H,3-6H2,1-2H3,(H,13,15)(H,14,16)/t8-,9-/m0/s1. The molecule has 0 aromatic carbocycles. The summed E-state index contributed by atoms with van der Waals surface area (Å²) in [5.41, 5.74) is 0.525. The molecule has 1 amide bonds. The number of hydrogen-bond acceptors (Lipinski definition) is 4. The lowest BCUT2D eigenvalue weighted by atomic mass is 9.86. The molecule has 0 unspecified atom stereocenters. The molecule has 1 aromatic heterocycles. The Bertz CT molecular complexity index is 391. The van der Waals surface area contributed by atoms with Gasteiger partial charge in [-0.1, -0.05) is 19.8 Å². The molecule has 0 aliphatic heterocycles. The Labute approximate surface area is 106 Å². The van der Waals surface area contributed by atoms with Crippen LogP contribution in [-0.4, -0.2) is 24.0 Å². The van der Waals surface area contributed by atoms with Gasteiger partial charge in [0.25, 0.3) is 5.91 Å². The fourth-order valence-corrected chi connectivity index (χ4v) is 2.92. The fourth-order valence-electron chi connectivity index (χ4n) is 2.27. The van der Waals surface area contributed by atoms with Crippen LogP contribution in [0.4, 0.5) is 5.13 Å². The number of nitrogens with zero attached hydrogens (tertiary/aromatic N) is 1. The lowest BCUT2D eigenvalue weighted by molar-refractivity contribution is 0.0906. The summed E-state index contributed by atoms with van der Waals surface area (Å²) >= 11 is 1.46. The molecule has 0 radical (unpaired) electrons. The smallest absolute Gasteiger partial charge is 0.271 e. The zero-order valence-electron chi connectivity index (χ0n) is 10.3. The lowest BCUT2D eigenvalue weighted by Crippen LogP contribution is -2.41. The summed E-state index contributed by atoms with van der Waals surface area (Å²) in [6, 6.07) is 0.316. The van der Waals surface area contributed by atoms with Gasteiger partial charge in [0.2, 0.25) is 0 Å². The summed E-state index contributed by atoms with van der Waals surface area (Å²) in [6.45, 7) is 2.21. The molecule has 2 N–H and O–H groups in total. The third-order valence-electron chi connectivity index (χ3n) is 3.38. The minimum Gasteiger partial charge on any atom is -0.365 e. The average Bonchev–Trinajstić information content (AvgIpc) is 2.81. The van der Waals surface area contributed by atoms with Crippen LogP contribution in [0.5, 0.6) is 0 Å². The van der Waals surface area contributed by atoms with E-state index >= 15 is 0 Å². The molecular weight excluding hydrogens is 234 g/mol. The summed E-state index contributed by atoms with van der Waals surface area (Å²) in [5.74, 6) is 0.539. The van der Waals surface area contributed by atoms with Crippen molar-refractivity contribution in [2.75, 3.05) is 12.4 Å². The second kappa shape index (κ2) is 5.49. The molecule has 0 saturated heterocycles. The van der Waals surface area contributed by atoms with Gasteiger partial charge in [0.1, 0.15) is 5.69 Å². The zero-order chi connectivity index (χ0) is 12.3. The van der Waals surface area contributed by atoms with Crippen LogP contribution in [0.25, 0.3) is 0 Å². The third-order valence-corrected chi connectivity index (χ3v) is 4.24. The summed E-state index contributed by atoms with van der Waals surface area (Å²) in [4.78, 5) is 16.2. The van der Waals surface area contributed by atoms with Crippen molar-refractivity contribution in [3.8, 4) is 0 Å². The van der Waals surface area contributed by atoms with Crippen molar-refractivity contribution < 1.29 is 4.79 Å². The maximum atomic E-state index is 12.0. The molecule has 2 atom stereocenters. The molecule has 1 aliphatic carbocycles. The molecule has 17 heavy (non-hydrogen) atoms. The number of aromatic nitrogens is 1. The summed E-state index contributed by atoms with van der Waals surface area (Å²) in [5, 5.41) is 8.63.